The molecule has 1 aliphatic rings. The Balaban J connectivity index is 0.000000386. The predicted octanol–water partition coefficient (Wildman–Crippen LogP) is 5.36. The van der Waals surface area contributed by atoms with Gasteiger partial charge < -0.3 is 0 Å². The summed E-state index contributed by atoms with van der Waals surface area (Å²) in [5.41, 5.74) is 2.94. The molecule has 0 N–H and O–H groups in total. The Hall–Kier alpha value is 0.254. The average molecular weight is 291 g/mol. The molecule has 0 radical (unpaired) electrons. The van der Waals surface area contributed by atoms with Crippen molar-refractivity contribution in [3.8, 4) is 0 Å². The Bertz CT molecular complexity index is 336. The molecule has 0 heterocycles. The number of rotatable bonds is 3. The molecule has 0 bridgehead atoms. The number of halogens is 2. The number of fused-ring (bicyclic) bond motifs is 1. The van der Waals surface area contributed by atoms with E-state index in [1.54, 1.807) is 0 Å². The molecule has 0 aliphatic heterocycles. The van der Waals surface area contributed by atoms with Crippen molar-refractivity contribution >= 4 is 24.7 Å². The van der Waals surface area contributed by atoms with Crippen molar-refractivity contribution in [2.75, 3.05) is 0 Å². The second-order valence-corrected chi connectivity index (χ2v) is 6.39. The fourth-order valence-corrected chi connectivity index (χ4v) is 2.00. The molecule has 0 aromatic heterocycles. The van der Waals surface area contributed by atoms with Crippen LogP contribution in [-0.4, -0.2) is 0 Å². The van der Waals surface area contributed by atoms with Crippen LogP contribution in [0.2, 0.25) is 0 Å². The van der Waals surface area contributed by atoms with Gasteiger partial charge in [0.2, 0.25) is 0 Å². The summed E-state index contributed by atoms with van der Waals surface area (Å²) < 4.78 is 0. The molecule has 0 saturated carbocycles. The monoisotopic (exact) mass is 290 g/mol. The zero-order valence-electron chi connectivity index (χ0n) is 9.42. The van der Waals surface area contributed by atoms with Crippen molar-refractivity contribution in [2.45, 2.75) is 32.1 Å². The molecule has 1 aromatic rings. The van der Waals surface area contributed by atoms with E-state index in [0.717, 1.165) is 0 Å². The third kappa shape index (κ3) is 4.26. The van der Waals surface area contributed by atoms with Gasteiger partial charge in [0.05, 0.1) is 0 Å². The van der Waals surface area contributed by atoms with Crippen LogP contribution in [0.4, 0.5) is 0 Å². The van der Waals surface area contributed by atoms with Crippen LogP contribution in [0, 0.1) is 0 Å². The van der Waals surface area contributed by atoms with Crippen LogP contribution < -0.4 is 0 Å². The first-order valence-corrected chi connectivity index (χ1v) is 9.86. The van der Waals surface area contributed by atoms with E-state index in [9.17, 15) is 0 Å². The number of benzene rings is 1. The van der Waals surface area contributed by atoms with Gasteiger partial charge in [-0.05, 0) is 17.5 Å². The van der Waals surface area contributed by atoms with Crippen molar-refractivity contribution in [2.24, 2.45) is 0 Å². The topological polar surface area (TPSA) is 0 Å². The normalized spacial score (nSPS) is 16.3. The van der Waals surface area contributed by atoms with Crippen LogP contribution in [0.15, 0.2) is 30.3 Å². The zero-order chi connectivity index (χ0) is 11.8. The fourth-order valence-electron chi connectivity index (χ4n) is 2.00. The summed E-state index contributed by atoms with van der Waals surface area (Å²) in [6, 6.07) is 8.73. The summed E-state index contributed by atoms with van der Waals surface area (Å²) in [4.78, 5) is 0. The van der Waals surface area contributed by atoms with Crippen LogP contribution in [0.25, 0.3) is 6.08 Å². The first-order valence-electron chi connectivity index (χ1n) is 5.56. The molecule has 1 aromatic carbocycles. The molecular weight excluding hydrogens is 275 g/mol. The minimum absolute atomic E-state index is 0.556. The predicted molar refractivity (Wildman–Crippen MR) is 69.4 cm³/mol. The van der Waals surface area contributed by atoms with Crippen LogP contribution in [0.3, 0.4) is 0 Å². The number of unbranched alkanes of at least 4 members (excludes halogenated alkanes) is 1. The van der Waals surface area contributed by atoms with Gasteiger partial charge in [0.1, 0.15) is 0 Å². The summed E-state index contributed by atoms with van der Waals surface area (Å²) in [7, 11) is 9.78. The minimum atomic E-state index is -0.556. The summed E-state index contributed by atoms with van der Waals surface area (Å²) in [6.07, 6.45) is 8.55. The van der Waals surface area contributed by atoms with E-state index in [1.165, 1.54) is 30.4 Å². The van der Waals surface area contributed by atoms with Gasteiger partial charge in [-0.15, -0.1) is 0 Å². The molecule has 16 heavy (non-hydrogen) atoms. The molecule has 1 unspecified atom stereocenters. The molecule has 2 rings (SSSR count). The van der Waals surface area contributed by atoms with Gasteiger partial charge >= 0.3 is 35.6 Å². The van der Waals surface area contributed by atoms with Crippen molar-refractivity contribution < 1.29 is 17.0 Å². The van der Waals surface area contributed by atoms with Gasteiger partial charge in [-0.25, -0.2) is 0 Å². The van der Waals surface area contributed by atoms with Crippen molar-refractivity contribution in [3.05, 3.63) is 41.5 Å². The molecule has 1 aliphatic carbocycles. The first kappa shape index (κ1) is 14.3. The summed E-state index contributed by atoms with van der Waals surface area (Å²) in [5.74, 6) is 0.691. The van der Waals surface area contributed by atoms with E-state index >= 15 is 0 Å². The molecule has 0 nitrogen and oxygen atoms in total. The Morgan fingerprint density at radius 3 is 2.62 bits per heavy atom. The van der Waals surface area contributed by atoms with Gasteiger partial charge in [0.25, 0.3) is 0 Å². The van der Waals surface area contributed by atoms with Crippen LogP contribution in [0.1, 0.15) is 43.2 Å². The number of allylic oxidation sites excluding steroid dienone is 1. The number of hydrogen-bond donors (Lipinski definition) is 0. The number of hydrogen-bond acceptors (Lipinski definition) is 0. The SMILES string of the molecule is CCCCC1C=Cc2ccccc21.[Cl][Ti][Cl]. The Morgan fingerprint density at radius 1 is 1.25 bits per heavy atom. The van der Waals surface area contributed by atoms with E-state index in [0.29, 0.717) is 5.92 Å². The van der Waals surface area contributed by atoms with Crippen molar-refractivity contribution in [1.29, 1.82) is 0 Å². The van der Waals surface area contributed by atoms with E-state index in [1.807, 2.05) is 0 Å². The third-order valence-corrected chi connectivity index (χ3v) is 2.77. The van der Waals surface area contributed by atoms with E-state index in [-0.39, 0.29) is 0 Å². The zero-order valence-corrected chi connectivity index (χ0v) is 12.5. The molecule has 86 valence electrons. The van der Waals surface area contributed by atoms with E-state index < -0.39 is 17.0 Å². The van der Waals surface area contributed by atoms with Crippen molar-refractivity contribution in [1.82, 2.24) is 0 Å². The standard InChI is InChI=1S/C13H16.2ClH.Ti/c1-2-3-6-11-9-10-12-7-4-5-8-13(11)12;;;/h4-5,7-11H,2-3,6H2,1H3;2*1H;/q;;;+2/p-2. The Kier molecular flexibility index (Phi) is 7.48. The maximum absolute atomic E-state index is 4.89. The summed E-state index contributed by atoms with van der Waals surface area (Å²) in [5, 5.41) is 0. The maximum atomic E-state index is 4.89. The summed E-state index contributed by atoms with van der Waals surface area (Å²) >= 11 is -0.556. The van der Waals surface area contributed by atoms with Crippen molar-refractivity contribution in [3.63, 3.8) is 0 Å². The van der Waals surface area contributed by atoms with Gasteiger partial charge in [0.15, 0.2) is 0 Å². The van der Waals surface area contributed by atoms with Gasteiger partial charge in [0, 0.05) is 5.92 Å². The van der Waals surface area contributed by atoms with E-state index in [2.05, 4.69) is 43.3 Å². The quantitative estimate of drug-likeness (QED) is 0.657. The fraction of sp³-hybridized carbons (Fsp3) is 0.385. The summed E-state index contributed by atoms with van der Waals surface area (Å²) in [6.45, 7) is 2.25. The first-order chi connectivity index (χ1) is 7.83. The second kappa shape index (κ2) is 8.36. The van der Waals surface area contributed by atoms with Gasteiger partial charge in [-0.3, -0.25) is 0 Å². The average Bonchev–Trinajstić information content (AvgIpc) is 2.71. The van der Waals surface area contributed by atoms with Crippen LogP contribution in [-0.2, 0) is 17.0 Å². The third-order valence-electron chi connectivity index (χ3n) is 2.77. The van der Waals surface area contributed by atoms with Gasteiger partial charge in [-0.2, -0.15) is 0 Å². The molecular formula is C13H16Cl2Ti. The Labute approximate surface area is 115 Å². The second-order valence-electron chi connectivity index (χ2n) is 3.81. The molecule has 0 saturated heterocycles. The molecule has 3 heteroatoms. The Morgan fingerprint density at radius 2 is 1.94 bits per heavy atom. The van der Waals surface area contributed by atoms with Gasteiger partial charge in [-0.1, -0.05) is 56.2 Å². The molecule has 1 atom stereocenters. The molecule has 0 fully saturated rings. The van der Waals surface area contributed by atoms with Crippen LogP contribution in [0.5, 0.6) is 0 Å². The molecule has 0 amide bonds. The van der Waals surface area contributed by atoms with Crippen LogP contribution >= 0.6 is 18.6 Å². The molecule has 0 spiro atoms. The van der Waals surface area contributed by atoms with E-state index in [4.69, 9.17) is 18.6 Å².